The van der Waals surface area contributed by atoms with Gasteiger partial charge in [-0.25, -0.2) is 0 Å². The summed E-state index contributed by atoms with van der Waals surface area (Å²) in [5.41, 5.74) is 0.151. The minimum Gasteiger partial charge on any atom is -0.481 e. The molecule has 0 unspecified atom stereocenters. The van der Waals surface area contributed by atoms with Crippen molar-refractivity contribution in [2.75, 3.05) is 0 Å². The number of rotatable bonds is 2. The molecule has 0 aliphatic heterocycles. The van der Waals surface area contributed by atoms with Crippen LogP contribution < -0.4 is 0 Å². The molecule has 0 spiro atoms. The van der Waals surface area contributed by atoms with Crippen molar-refractivity contribution in [3.63, 3.8) is 0 Å². The molecule has 0 saturated heterocycles. The number of hydrogen-bond donors (Lipinski definition) is 1. The predicted molar refractivity (Wildman–Crippen MR) is 36.3 cm³/mol. The van der Waals surface area contributed by atoms with Crippen LogP contribution in [-0.2, 0) is 27.2 Å². The third-order valence-corrected chi connectivity index (χ3v) is 1.09. The van der Waals surface area contributed by atoms with Gasteiger partial charge in [-0.1, -0.05) is 20.8 Å². The van der Waals surface area contributed by atoms with Crippen LogP contribution in [0.4, 0.5) is 0 Å². The number of carbonyl (C=O) groups is 1. The van der Waals surface area contributed by atoms with Crippen molar-refractivity contribution < 1.29 is 32.3 Å². The summed E-state index contributed by atoms with van der Waals surface area (Å²) < 4.78 is 0. The molecule has 0 bridgehead atoms. The van der Waals surface area contributed by atoms with Crippen LogP contribution in [0.15, 0.2) is 0 Å². The van der Waals surface area contributed by atoms with Gasteiger partial charge in [-0.2, -0.15) is 0 Å². The molecule has 10 heavy (non-hydrogen) atoms. The number of carboxylic acid groups (broad SMARTS) is 1. The smallest absolute Gasteiger partial charge is 0.303 e. The fraction of sp³-hybridized carbons (Fsp3) is 0.857. The van der Waals surface area contributed by atoms with Gasteiger partial charge in [0, 0.05) is 28.8 Å². The fourth-order valence-corrected chi connectivity index (χ4v) is 0.482. The van der Waals surface area contributed by atoms with E-state index in [-0.39, 0.29) is 34.2 Å². The van der Waals surface area contributed by atoms with Crippen molar-refractivity contribution in [3.05, 3.63) is 0 Å². The van der Waals surface area contributed by atoms with Gasteiger partial charge in [0.1, 0.15) is 0 Å². The Hall–Kier alpha value is 0.210. The first-order valence-electron chi connectivity index (χ1n) is 3.13. The van der Waals surface area contributed by atoms with E-state index in [0.717, 1.165) is 6.42 Å². The summed E-state index contributed by atoms with van der Waals surface area (Å²) in [5, 5.41) is 8.28. The van der Waals surface area contributed by atoms with E-state index in [1.807, 2.05) is 20.8 Å². The van der Waals surface area contributed by atoms with Gasteiger partial charge in [0.2, 0.25) is 0 Å². The summed E-state index contributed by atoms with van der Waals surface area (Å²) in [6.07, 6.45) is 1.03. The Kier molecular flexibility index (Phi) is 6.35. The molecule has 0 aromatic carbocycles. The van der Waals surface area contributed by atoms with Crippen LogP contribution in [0.2, 0.25) is 0 Å². The van der Waals surface area contributed by atoms with E-state index in [9.17, 15) is 4.79 Å². The topological polar surface area (TPSA) is 37.3 Å². The summed E-state index contributed by atoms with van der Waals surface area (Å²) in [6, 6.07) is 0. The Morgan fingerprint density at radius 1 is 1.40 bits per heavy atom. The number of hydrogen-bond acceptors (Lipinski definition) is 1. The third-order valence-electron chi connectivity index (χ3n) is 1.09. The fourth-order valence-electron chi connectivity index (χ4n) is 0.482. The van der Waals surface area contributed by atoms with Crippen LogP contribution in [0.3, 0.4) is 0 Å². The molecule has 0 aromatic rings. The van der Waals surface area contributed by atoms with Crippen molar-refractivity contribution in [1.82, 2.24) is 0 Å². The van der Waals surface area contributed by atoms with Crippen LogP contribution in [0.5, 0.6) is 0 Å². The predicted octanol–water partition coefficient (Wildman–Crippen LogP) is 1.89. The Morgan fingerprint density at radius 3 is 1.90 bits per heavy atom. The second kappa shape index (κ2) is 4.94. The van der Waals surface area contributed by atoms with Gasteiger partial charge in [0.15, 0.2) is 0 Å². The molecule has 0 atom stereocenters. The standard InChI is InChI=1S/C7H14O2.Ag/c1-7(2,3)5-4-6(8)9;/h4-5H2,1-3H3,(H,8,9);. The third kappa shape index (κ3) is 11.1. The molecule has 0 amide bonds. The molecule has 0 aliphatic rings. The largest absolute Gasteiger partial charge is 0.481 e. The molecule has 2 nitrogen and oxygen atoms in total. The summed E-state index contributed by atoms with van der Waals surface area (Å²) in [5.74, 6) is -0.704. The van der Waals surface area contributed by atoms with Crippen LogP contribution in [0, 0.1) is 5.41 Å². The second-order valence-corrected chi connectivity index (χ2v) is 3.45. The molecule has 1 radical (unpaired) electrons. The van der Waals surface area contributed by atoms with E-state index in [4.69, 9.17) is 5.11 Å². The van der Waals surface area contributed by atoms with Gasteiger partial charge < -0.3 is 5.11 Å². The van der Waals surface area contributed by atoms with Crippen molar-refractivity contribution in [2.45, 2.75) is 33.6 Å². The van der Waals surface area contributed by atoms with Gasteiger partial charge in [-0.3, -0.25) is 4.79 Å². The van der Waals surface area contributed by atoms with Gasteiger partial charge in [-0.15, -0.1) is 0 Å². The van der Waals surface area contributed by atoms with Gasteiger partial charge in [-0.05, 0) is 11.8 Å². The van der Waals surface area contributed by atoms with E-state index < -0.39 is 5.97 Å². The molecule has 0 aliphatic carbocycles. The SMILES string of the molecule is CC(C)(C)CCC(=O)O.[Ag]. The first-order valence-corrected chi connectivity index (χ1v) is 3.13. The molecule has 0 heterocycles. The van der Waals surface area contributed by atoms with E-state index in [2.05, 4.69) is 0 Å². The Labute approximate surface area is 77.5 Å². The maximum Gasteiger partial charge on any atom is 0.303 e. The molecule has 1 N–H and O–H groups in total. The minimum atomic E-state index is -0.704. The quantitative estimate of drug-likeness (QED) is 0.746. The maximum atomic E-state index is 10.0. The molecular formula is C7H14AgO2. The zero-order valence-corrected chi connectivity index (χ0v) is 8.05. The van der Waals surface area contributed by atoms with Crippen molar-refractivity contribution in [3.8, 4) is 0 Å². The summed E-state index contributed by atoms with van der Waals surface area (Å²) >= 11 is 0. The Morgan fingerprint density at radius 2 is 1.80 bits per heavy atom. The first kappa shape index (κ1) is 12.8. The first-order chi connectivity index (χ1) is 3.92. The van der Waals surface area contributed by atoms with Crippen LogP contribution >= 0.6 is 0 Å². The van der Waals surface area contributed by atoms with Crippen molar-refractivity contribution in [1.29, 1.82) is 0 Å². The molecule has 3 heteroatoms. The van der Waals surface area contributed by atoms with E-state index in [0.29, 0.717) is 0 Å². The average molecular weight is 238 g/mol. The molecular weight excluding hydrogens is 224 g/mol. The molecule has 0 aromatic heterocycles. The van der Waals surface area contributed by atoms with E-state index >= 15 is 0 Å². The molecule has 0 saturated carbocycles. The van der Waals surface area contributed by atoms with Crippen molar-refractivity contribution in [2.24, 2.45) is 5.41 Å². The van der Waals surface area contributed by atoms with Crippen LogP contribution in [0.25, 0.3) is 0 Å². The normalized spacial score (nSPS) is 10.3. The zero-order valence-electron chi connectivity index (χ0n) is 6.57. The molecule has 0 fully saturated rings. The maximum absolute atomic E-state index is 10.0. The van der Waals surface area contributed by atoms with E-state index in [1.165, 1.54) is 0 Å². The number of carboxylic acids is 1. The summed E-state index contributed by atoms with van der Waals surface area (Å²) in [6.45, 7) is 6.11. The average Bonchev–Trinajstić information content (AvgIpc) is 1.59. The van der Waals surface area contributed by atoms with Crippen molar-refractivity contribution >= 4 is 5.97 Å². The Balaban J connectivity index is 0. The molecule has 65 valence electrons. The van der Waals surface area contributed by atoms with Gasteiger partial charge in [0.05, 0.1) is 0 Å². The summed E-state index contributed by atoms with van der Waals surface area (Å²) in [7, 11) is 0. The monoisotopic (exact) mass is 237 g/mol. The van der Waals surface area contributed by atoms with E-state index in [1.54, 1.807) is 0 Å². The number of aliphatic carboxylic acids is 1. The molecule has 0 rings (SSSR count). The zero-order chi connectivity index (χ0) is 7.49. The Bertz CT molecular complexity index is 105. The van der Waals surface area contributed by atoms with Crippen LogP contribution in [0.1, 0.15) is 33.6 Å². The minimum absolute atomic E-state index is 0. The summed E-state index contributed by atoms with van der Waals surface area (Å²) in [4.78, 5) is 10.0. The van der Waals surface area contributed by atoms with Gasteiger partial charge >= 0.3 is 5.97 Å². The second-order valence-electron chi connectivity index (χ2n) is 3.45. The van der Waals surface area contributed by atoms with Gasteiger partial charge in [0.25, 0.3) is 0 Å². The van der Waals surface area contributed by atoms with Crippen LogP contribution in [-0.4, -0.2) is 11.1 Å².